The Morgan fingerprint density at radius 3 is 3.07 bits per heavy atom. The molecule has 0 amide bonds. The molecule has 0 aliphatic carbocycles. The molecule has 0 aliphatic heterocycles. The first kappa shape index (κ1) is 10.7. The Balaban J connectivity index is 2.54. The third-order valence-electron chi connectivity index (χ3n) is 1.50. The second-order valence-electron chi connectivity index (χ2n) is 3.01. The largest absolute Gasteiger partial charge is 0.478 e. The fourth-order valence-electron chi connectivity index (χ4n) is 0.908. The van der Waals surface area contributed by atoms with Crippen LogP contribution in [0.2, 0.25) is 0 Å². The molecule has 0 radical (unpaired) electrons. The molecule has 1 unspecified atom stereocenters. The van der Waals surface area contributed by atoms with E-state index in [1.165, 1.54) is 0 Å². The van der Waals surface area contributed by atoms with Crippen molar-refractivity contribution >= 4 is 5.95 Å². The third-order valence-corrected chi connectivity index (χ3v) is 1.50. The quantitative estimate of drug-likeness (QED) is 0.722. The van der Waals surface area contributed by atoms with Crippen LogP contribution >= 0.6 is 0 Å². The zero-order valence-electron chi connectivity index (χ0n) is 8.53. The van der Waals surface area contributed by atoms with Crippen LogP contribution < -0.4 is 15.8 Å². The summed E-state index contributed by atoms with van der Waals surface area (Å²) < 4.78 is 5.23. The highest BCUT2D eigenvalue weighted by atomic mass is 16.5. The summed E-state index contributed by atoms with van der Waals surface area (Å²) in [6.45, 7) is 5.08. The number of nitrogens with zero attached hydrogens (tertiary/aromatic N) is 2. The number of nitrogens with one attached hydrogen (secondary N) is 1. The van der Waals surface area contributed by atoms with E-state index in [-0.39, 0.29) is 6.04 Å². The summed E-state index contributed by atoms with van der Waals surface area (Å²) in [5.41, 5.74) is 5.59. The lowest BCUT2D eigenvalue weighted by Crippen LogP contribution is -2.25. The molecule has 1 rings (SSSR count). The van der Waals surface area contributed by atoms with E-state index in [9.17, 15) is 0 Å². The van der Waals surface area contributed by atoms with Crippen molar-refractivity contribution in [3.63, 3.8) is 0 Å². The van der Waals surface area contributed by atoms with Crippen molar-refractivity contribution in [3.8, 4) is 5.88 Å². The van der Waals surface area contributed by atoms with Crippen LogP contribution in [0.5, 0.6) is 5.88 Å². The topological polar surface area (TPSA) is 73.1 Å². The first-order chi connectivity index (χ1) is 6.72. The molecule has 0 saturated carbocycles. The van der Waals surface area contributed by atoms with E-state index < -0.39 is 0 Å². The summed E-state index contributed by atoms with van der Waals surface area (Å²) in [5, 5.41) is 3.02. The summed E-state index contributed by atoms with van der Waals surface area (Å²) in [5.74, 6) is 1.13. The molecule has 0 aromatic carbocycles. The summed E-state index contributed by atoms with van der Waals surface area (Å²) in [4.78, 5) is 8.17. The van der Waals surface area contributed by atoms with Crippen LogP contribution in [0.15, 0.2) is 12.3 Å². The standard InChI is InChI=1S/C9H16N4O/c1-3-14-8-4-5-11-9(13-8)12-6-7(2)10/h4-5,7H,3,6,10H2,1-2H3,(H,11,12,13). The molecular weight excluding hydrogens is 180 g/mol. The minimum Gasteiger partial charge on any atom is -0.478 e. The maximum atomic E-state index is 5.59. The number of anilines is 1. The van der Waals surface area contributed by atoms with Gasteiger partial charge in [-0.2, -0.15) is 4.98 Å². The lowest BCUT2D eigenvalue weighted by Gasteiger charge is -2.08. The number of rotatable bonds is 5. The Morgan fingerprint density at radius 2 is 2.43 bits per heavy atom. The molecule has 78 valence electrons. The van der Waals surface area contributed by atoms with E-state index in [1.807, 2.05) is 13.8 Å². The van der Waals surface area contributed by atoms with Crippen LogP contribution in [-0.2, 0) is 0 Å². The van der Waals surface area contributed by atoms with Crippen molar-refractivity contribution < 1.29 is 4.74 Å². The number of nitrogens with two attached hydrogens (primary N) is 1. The van der Waals surface area contributed by atoms with Crippen molar-refractivity contribution in [2.45, 2.75) is 19.9 Å². The number of hydrogen-bond donors (Lipinski definition) is 2. The van der Waals surface area contributed by atoms with Gasteiger partial charge in [0.1, 0.15) is 0 Å². The average Bonchev–Trinajstić information content (AvgIpc) is 2.16. The van der Waals surface area contributed by atoms with Crippen LogP contribution in [0, 0.1) is 0 Å². The van der Waals surface area contributed by atoms with Crippen molar-refractivity contribution in [1.29, 1.82) is 0 Å². The number of ether oxygens (including phenoxy) is 1. The van der Waals surface area contributed by atoms with Crippen molar-refractivity contribution in [2.75, 3.05) is 18.5 Å². The van der Waals surface area contributed by atoms with Crippen LogP contribution in [0.4, 0.5) is 5.95 Å². The normalized spacial score (nSPS) is 12.2. The van der Waals surface area contributed by atoms with Gasteiger partial charge in [-0.1, -0.05) is 0 Å². The van der Waals surface area contributed by atoms with Crippen molar-refractivity contribution in [2.24, 2.45) is 5.73 Å². The highest BCUT2D eigenvalue weighted by Crippen LogP contribution is 2.07. The molecule has 14 heavy (non-hydrogen) atoms. The van der Waals surface area contributed by atoms with E-state index >= 15 is 0 Å². The summed E-state index contributed by atoms with van der Waals surface area (Å²) in [7, 11) is 0. The molecule has 0 bridgehead atoms. The van der Waals surface area contributed by atoms with Crippen molar-refractivity contribution in [3.05, 3.63) is 12.3 Å². The molecule has 1 atom stereocenters. The van der Waals surface area contributed by atoms with Gasteiger partial charge in [0.2, 0.25) is 11.8 Å². The second-order valence-corrected chi connectivity index (χ2v) is 3.01. The molecule has 1 aromatic heterocycles. The summed E-state index contributed by atoms with van der Waals surface area (Å²) >= 11 is 0. The highest BCUT2D eigenvalue weighted by Gasteiger charge is 1.99. The molecule has 5 heteroatoms. The van der Waals surface area contributed by atoms with Crippen LogP contribution in [-0.4, -0.2) is 29.2 Å². The number of aromatic nitrogens is 2. The summed E-state index contributed by atoms with van der Waals surface area (Å²) in [6, 6.07) is 1.80. The smallest absolute Gasteiger partial charge is 0.225 e. The van der Waals surface area contributed by atoms with Crippen LogP contribution in [0.25, 0.3) is 0 Å². The monoisotopic (exact) mass is 196 g/mol. The minimum absolute atomic E-state index is 0.0781. The molecule has 1 heterocycles. The molecule has 0 saturated heterocycles. The maximum Gasteiger partial charge on any atom is 0.225 e. The van der Waals surface area contributed by atoms with Gasteiger partial charge in [-0.15, -0.1) is 0 Å². The van der Waals surface area contributed by atoms with Gasteiger partial charge in [0.25, 0.3) is 0 Å². The Hall–Kier alpha value is -1.36. The molecule has 0 fully saturated rings. The van der Waals surface area contributed by atoms with E-state index in [2.05, 4.69) is 15.3 Å². The lowest BCUT2D eigenvalue weighted by atomic mass is 10.4. The first-order valence-electron chi connectivity index (χ1n) is 4.67. The van der Waals surface area contributed by atoms with Crippen LogP contribution in [0.1, 0.15) is 13.8 Å². The van der Waals surface area contributed by atoms with Gasteiger partial charge in [0.05, 0.1) is 6.61 Å². The Bertz CT molecular complexity index is 277. The van der Waals surface area contributed by atoms with E-state index in [0.717, 1.165) is 0 Å². The minimum atomic E-state index is 0.0781. The molecular formula is C9H16N4O. The molecule has 0 spiro atoms. The molecule has 5 nitrogen and oxygen atoms in total. The van der Waals surface area contributed by atoms with Gasteiger partial charge in [0.15, 0.2) is 0 Å². The zero-order valence-corrected chi connectivity index (χ0v) is 8.53. The van der Waals surface area contributed by atoms with Crippen LogP contribution in [0.3, 0.4) is 0 Å². The Morgan fingerprint density at radius 1 is 1.64 bits per heavy atom. The third kappa shape index (κ3) is 3.57. The van der Waals surface area contributed by atoms with Gasteiger partial charge in [-0.05, 0) is 13.8 Å². The number of hydrogen-bond acceptors (Lipinski definition) is 5. The fourth-order valence-corrected chi connectivity index (χ4v) is 0.908. The maximum absolute atomic E-state index is 5.59. The predicted octanol–water partition coefficient (Wildman–Crippen LogP) is 0.634. The predicted molar refractivity (Wildman–Crippen MR) is 55.3 cm³/mol. The first-order valence-corrected chi connectivity index (χ1v) is 4.67. The van der Waals surface area contributed by atoms with E-state index in [1.54, 1.807) is 12.3 Å². The van der Waals surface area contributed by atoms with Gasteiger partial charge in [0, 0.05) is 24.8 Å². The van der Waals surface area contributed by atoms with Gasteiger partial charge < -0.3 is 15.8 Å². The van der Waals surface area contributed by atoms with Gasteiger partial charge in [-0.25, -0.2) is 4.98 Å². The fraction of sp³-hybridized carbons (Fsp3) is 0.556. The summed E-state index contributed by atoms with van der Waals surface area (Å²) in [6.07, 6.45) is 1.65. The van der Waals surface area contributed by atoms with E-state index in [4.69, 9.17) is 10.5 Å². The van der Waals surface area contributed by atoms with Gasteiger partial charge in [-0.3, -0.25) is 0 Å². The average molecular weight is 196 g/mol. The Labute approximate surface area is 83.7 Å². The molecule has 0 aliphatic rings. The molecule has 3 N–H and O–H groups in total. The zero-order chi connectivity index (χ0) is 10.4. The highest BCUT2D eigenvalue weighted by molar-refractivity contribution is 5.27. The lowest BCUT2D eigenvalue weighted by molar-refractivity contribution is 0.326. The van der Waals surface area contributed by atoms with Gasteiger partial charge >= 0.3 is 0 Å². The van der Waals surface area contributed by atoms with E-state index in [0.29, 0.717) is 25.0 Å². The van der Waals surface area contributed by atoms with Crippen molar-refractivity contribution in [1.82, 2.24) is 9.97 Å². The second kappa shape index (κ2) is 5.39. The SMILES string of the molecule is CCOc1ccnc(NCC(C)N)n1. The Kier molecular flexibility index (Phi) is 4.12. The molecule has 1 aromatic rings.